The minimum absolute atomic E-state index is 0.00362. The second kappa shape index (κ2) is 8.88. The molecule has 2 aliphatic rings. The van der Waals surface area contributed by atoms with Gasteiger partial charge in [0.15, 0.2) is 11.0 Å². The summed E-state index contributed by atoms with van der Waals surface area (Å²) in [5, 5.41) is 9.32. The summed E-state index contributed by atoms with van der Waals surface area (Å²) in [6, 6.07) is 9.24. The first-order valence-corrected chi connectivity index (χ1v) is 12.4. The number of likely N-dealkylation sites (tertiary alicyclic amines) is 1. The van der Waals surface area contributed by atoms with Crippen molar-refractivity contribution in [1.82, 2.24) is 24.6 Å². The molecule has 0 bridgehead atoms. The highest BCUT2D eigenvalue weighted by molar-refractivity contribution is 7.99. The average Bonchev–Trinajstić information content (AvgIpc) is 3.15. The molecule has 1 aliphatic heterocycles. The van der Waals surface area contributed by atoms with Gasteiger partial charge in [-0.3, -0.25) is 4.79 Å². The molecule has 2 atom stereocenters. The van der Waals surface area contributed by atoms with Crippen molar-refractivity contribution in [2.75, 3.05) is 25.4 Å². The van der Waals surface area contributed by atoms with Gasteiger partial charge in [0.2, 0.25) is 5.56 Å². The number of alkyl halides is 3. The Morgan fingerprint density at radius 2 is 2.03 bits per heavy atom. The van der Waals surface area contributed by atoms with Crippen molar-refractivity contribution in [2.45, 2.75) is 36.5 Å². The molecule has 34 heavy (non-hydrogen) atoms. The molecule has 1 N–H and O–H groups in total. The second-order valence-corrected chi connectivity index (χ2v) is 10.3. The summed E-state index contributed by atoms with van der Waals surface area (Å²) in [7, 11) is 1.90. The zero-order valence-corrected chi connectivity index (χ0v) is 19.6. The molecule has 1 spiro atoms. The van der Waals surface area contributed by atoms with E-state index in [0.717, 1.165) is 55.4 Å². The van der Waals surface area contributed by atoms with Crippen molar-refractivity contribution in [2.24, 2.45) is 12.5 Å². The number of hydrogen-bond donors (Lipinski definition) is 1. The van der Waals surface area contributed by atoms with Crippen LogP contribution >= 0.6 is 11.8 Å². The molecular formula is C24H26F3N5OS. The van der Waals surface area contributed by atoms with E-state index in [2.05, 4.69) is 20.1 Å². The number of hydrogen-bond acceptors (Lipinski definition) is 5. The van der Waals surface area contributed by atoms with Gasteiger partial charge < -0.3 is 14.5 Å². The summed E-state index contributed by atoms with van der Waals surface area (Å²) in [6.45, 7) is 2.73. The molecule has 0 unspecified atom stereocenters. The molecule has 1 aliphatic carbocycles. The Balaban J connectivity index is 1.12. The van der Waals surface area contributed by atoms with Crippen LogP contribution in [0.25, 0.3) is 11.4 Å². The molecule has 1 saturated carbocycles. The highest BCUT2D eigenvalue weighted by Crippen LogP contribution is 2.65. The van der Waals surface area contributed by atoms with E-state index >= 15 is 0 Å². The summed E-state index contributed by atoms with van der Waals surface area (Å²) < 4.78 is 42.2. The molecule has 6 nitrogen and oxygen atoms in total. The number of thioether (sulfide) groups is 1. The molecule has 0 radical (unpaired) electrons. The number of H-pyrrole nitrogens is 1. The number of pyridine rings is 1. The van der Waals surface area contributed by atoms with Gasteiger partial charge in [-0.1, -0.05) is 30.0 Å². The zero-order valence-electron chi connectivity index (χ0n) is 18.8. The Morgan fingerprint density at radius 3 is 2.79 bits per heavy atom. The lowest BCUT2D eigenvalue weighted by molar-refractivity contribution is -0.138. The van der Waals surface area contributed by atoms with Gasteiger partial charge in [0, 0.05) is 37.2 Å². The van der Waals surface area contributed by atoms with E-state index in [1.807, 2.05) is 11.6 Å². The molecule has 2 aromatic heterocycles. The smallest absolute Gasteiger partial charge is 0.328 e. The molecule has 180 valence electrons. The maximum atomic E-state index is 13.4. The number of nitrogens with zero attached hydrogens (tertiary/aromatic N) is 4. The van der Waals surface area contributed by atoms with Crippen LogP contribution in [0, 0.1) is 5.41 Å². The summed E-state index contributed by atoms with van der Waals surface area (Å²) in [4.78, 5) is 16.3. The lowest BCUT2D eigenvalue weighted by Crippen LogP contribution is -2.23. The molecular weight excluding hydrogens is 463 g/mol. The minimum Gasteiger partial charge on any atom is -0.328 e. The van der Waals surface area contributed by atoms with E-state index in [9.17, 15) is 18.0 Å². The van der Waals surface area contributed by atoms with Crippen molar-refractivity contribution < 1.29 is 13.2 Å². The van der Waals surface area contributed by atoms with Crippen LogP contribution in [0.4, 0.5) is 13.2 Å². The molecule has 3 heterocycles. The van der Waals surface area contributed by atoms with Gasteiger partial charge in [-0.25, -0.2) is 0 Å². The number of rotatable bonds is 7. The van der Waals surface area contributed by atoms with Gasteiger partial charge in [0.1, 0.15) is 0 Å². The summed E-state index contributed by atoms with van der Waals surface area (Å²) in [6.07, 6.45) is 0.0988. The molecule has 5 rings (SSSR count). The molecule has 0 amide bonds. The highest BCUT2D eigenvalue weighted by Gasteiger charge is 2.59. The van der Waals surface area contributed by atoms with E-state index in [1.165, 1.54) is 18.2 Å². The second-order valence-electron chi connectivity index (χ2n) is 9.24. The van der Waals surface area contributed by atoms with Gasteiger partial charge >= 0.3 is 6.18 Å². The van der Waals surface area contributed by atoms with Gasteiger partial charge in [-0.05, 0) is 61.4 Å². The number of nitrogens with one attached hydrogen (secondary N) is 1. The number of aromatic amines is 1. The Labute approximate surface area is 199 Å². The van der Waals surface area contributed by atoms with Crippen LogP contribution in [0.15, 0.2) is 52.5 Å². The van der Waals surface area contributed by atoms with Crippen molar-refractivity contribution in [3.8, 4) is 11.4 Å². The third-order valence-corrected chi connectivity index (χ3v) is 8.13. The van der Waals surface area contributed by atoms with Crippen LogP contribution in [0.5, 0.6) is 0 Å². The summed E-state index contributed by atoms with van der Waals surface area (Å²) >= 11 is 1.63. The predicted octanol–water partition coefficient (Wildman–Crippen LogP) is 4.55. The normalized spacial score (nSPS) is 22.5. The van der Waals surface area contributed by atoms with Crippen molar-refractivity contribution in [3.05, 3.63) is 64.1 Å². The van der Waals surface area contributed by atoms with Gasteiger partial charge in [-0.2, -0.15) is 13.2 Å². The van der Waals surface area contributed by atoms with E-state index < -0.39 is 11.7 Å². The Kier molecular flexibility index (Phi) is 6.05. The number of halogens is 3. The van der Waals surface area contributed by atoms with Crippen LogP contribution < -0.4 is 5.56 Å². The quantitative estimate of drug-likeness (QED) is 0.390. The third-order valence-electron chi connectivity index (χ3n) is 7.02. The van der Waals surface area contributed by atoms with Crippen molar-refractivity contribution in [3.63, 3.8) is 0 Å². The fourth-order valence-electron chi connectivity index (χ4n) is 5.17. The third kappa shape index (κ3) is 4.53. The summed E-state index contributed by atoms with van der Waals surface area (Å²) in [5.41, 5.74) is 0.634. The SMILES string of the molecule is Cn1c(SCCCN2CC[C@]3(C[C@H]3c3ccccc3C(F)(F)F)C2)nnc1-c1ccc(=O)[nH]c1. The Morgan fingerprint density at radius 1 is 1.21 bits per heavy atom. The summed E-state index contributed by atoms with van der Waals surface area (Å²) in [5.74, 6) is 1.58. The first-order valence-electron chi connectivity index (χ1n) is 11.4. The predicted molar refractivity (Wildman–Crippen MR) is 125 cm³/mol. The Bertz CT molecular complexity index is 1220. The van der Waals surface area contributed by atoms with Crippen LogP contribution in [0.2, 0.25) is 0 Å². The fourth-order valence-corrected chi connectivity index (χ4v) is 6.00. The van der Waals surface area contributed by atoms with E-state index in [-0.39, 0.29) is 16.9 Å². The molecule has 1 aromatic carbocycles. The minimum atomic E-state index is -4.30. The standard InChI is InChI=1S/C24H26F3N5OS/c1-31-21(16-7-8-20(33)28-14-16)29-30-22(31)34-12-4-10-32-11-9-23(15-32)13-19(23)17-5-2-3-6-18(17)24(25,26)27/h2-3,5-8,14,19H,4,9-13,15H2,1H3,(H,28,33)/t19-,23-/m0/s1. The number of benzene rings is 1. The van der Waals surface area contributed by atoms with E-state index in [1.54, 1.807) is 36.2 Å². The van der Waals surface area contributed by atoms with Gasteiger partial charge in [-0.15, -0.1) is 10.2 Å². The van der Waals surface area contributed by atoms with Crippen LogP contribution in [-0.4, -0.2) is 50.0 Å². The fraction of sp³-hybridized carbons (Fsp3) is 0.458. The maximum Gasteiger partial charge on any atom is 0.416 e. The van der Waals surface area contributed by atoms with Gasteiger partial charge in [0.05, 0.1) is 5.56 Å². The lowest BCUT2D eigenvalue weighted by atomic mass is 9.95. The first kappa shape index (κ1) is 23.2. The Hall–Kier alpha value is -2.59. The topological polar surface area (TPSA) is 66.8 Å². The van der Waals surface area contributed by atoms with Gasteiger partial charge in [0.25, 0.3) is 0 Å². The van der Waals surface area contributed by atoms with Crippen LogP contribution in [-0.2, 0) is 13.2 Å². The van der Waals surface area contributed by atoms with E-state index in [0.29, 0.717) is 11.4 Å². The highest BCUT2D eigenvalue weighted by atomic mass is 32.2. The monoisotopic (exact) mass is 489 g/mol. The average molecular weight is 490 g/mol. The maximum absolute atomic E-state index is 13.4. The largest absolute Gasteiger partial charge is 0.416 e. The van der Waals surface area contributed by atoms with Crippen molar-refractivity contribution in [1.29, 1.82) is 0 Å². The van der Waals surface area contributed by atoms with Crippen molar-refractivity contribution >= 4 is 11.8 Å². The lowest BCUT2D eigenvalue weighted by Gasteiger charge is -2.17. The zero-order chi connectivity index (χ0) is 23.9. The number of aromatic nitrogens is 4. The molecule has 3 aromatic rings. The molecule has 10 heteroatoms. The first-order chi connectivity index (χ1) is 16.3. The molecule has 2 fully saturated rings. The molecule has 1 saturated heterocycles. The van der Waals surface area contributed by atoms with Crippen LogP contribution in [0.1, 0.15) is 36.3 Å². The van der Waals surface area contributed by atoms with Crippen LogP contribution in [0.3, 0.4) is 0 Å². The van der Waals surface area contributed by atoms with E-state index in [4.69, 9.17) is 0 Å².